The predicted molar refractivity (Wildman–Crippen MR) is 149 cm³/mol. The largest absolute Gasteiger partial charge is 0.507 e. The first-order valence-electron chi connectivity index (χ1n) is 12.9. The number of Topliss-reactive ketones (excluding diaryl/α,β-unsaturated/α-hetero) is 1. The highest BCUT2D eigenvalue weighted by Gasteiger charge is 2.46. The minimum atomic E-state index is -0.742. The molecule has 1 atom stereocenters. The Kier molecular flexibility index (Phi) is 6.57. The van der Waals surface area contributed by atoms with E-state index < -0.39 is 17.7 Å². The number of nitrogens with zero attached hydrogens (tertiary/aromatic N) is 1. The molecule has 3 aromatic carbocycles. The van der Waals surface area contributed by atoms with Gasteiger partial charge in [0, 0.05) is 29.2 Å². The summed E-state index contributed by atoms with van der Waals surface area (Å²) in [7, 11) is 0. The van der Waals surface area contributed by atoms with Gasteiger partial charge in [-0.15, -0.1) is 0 Å². The lowest BCUT2D eigenvalue weighted by Gasteiger charge is -2.26. The summed E-state index contributed by atoms with van der Waals surface area (Å²) in [6.07, 6.45) is 1.68. The monoisotopic (exact) mass is 508 g/mol. The quantitative estimate of drug-likeness (QED) is 0.177. The van der Waals surface area contributed by atoms with Gasteiger partial charge >= 0.3 is 0 Å². The Bertz CT molecular complexity index is 1540. The number of nitrogens with one attached hydrogen (secondary N) is 1. The molecule has 5 rings (SSSR count). The van der Waals surface area contributed by atoms with Crippen LogP contribution < -0.4 is 4.74 Å². The zero-order valence-corrected chi connectivity index (χ0v) is 22.1. The van der Waals surface area contributed by atoms with Crippen LogP contribution in [0.1, 0.15) is 56.0 Å². The first kappa shape index (κ1) is 25.3. The molecule has 6 nitrogen and oxygen atoms in total. The van der Waals surface area contributed by atoms with Crippen molar-refractivity contribution in [2.24, 2.45) is 0 Å². The lowest BCUT2D eigenvalue weighted by molar-refractivity contribution is -0.140. The van der Waals surface area contributed by atoms with Crippen LogP contribution in [0.25, 0.3) is 16.7 Å². The Hall–Kier alpha value is -4.32. The second-order valence-corrected chi connectivity index (χ2v) is 10.6. The van der Waals surface area contributed by atoms with Gasteiger partial charge in [-0.25, -0.2) is 0 Å². The van der Waals surface area contributed by atoms with Crippen molar-refractivity contribution in [2.75, 3.05) is 6.61 Å². The summed E-state index contributed by atoms with van der Waals surface area (Å²) in [5.74, 6) is -0.820. The molecule has 1 aromatic heterocycles. The van der Waals surface area contributed by atoms with Crippen LogP contribution in [0.5, 0.6) is 5.75 Å². The van der Waals surface area contributed by atoms with E-state index in [4.69, 9.17) is 4.74 Å². The van der Waals surface area contributed by atoms with E-state index in [9.17, 15) is 14.7 Å². The van der Waals surface area contributed by atoms with Crippen molar-refractivity contribution in [2.45, 2.75) is 45.7 Å². The summed E-state index contributed by atoms with van der Waals surface area (Å²) in [6.45, 7) is 9.04. The van der Waals surface area contributed by atoms with Crippen LogP contribution in [0, 0.1) is 0 Å². The third kappa shape index (κ3) is 4.58. The molecule has 0 radical (unpaired) electrons. The lowest BCUT2D eigenvalue weighted by atomic mass is 9.85. The average molecular weight is 509 g/mol. The molecule has 38 heavy (non-hydrogen) atoms. The SMILES string of the molecule is CCOc1cccc(CN2C(=O)C(=O)/C(=C(\O)c3c[nH]c4ccccc34)C2c2ccc(C(C)(C)C)cc2)c1. The number of amides is 1. The van der Waals surface area contributed by atoms with Crippen LogP contribution in [0.3, 0.4) is 0 Å². The van der Waals surface area contributed by atoms with Crippen molar-refractivity contribution < 1.29 is 19.4 Å². The van der Waals surface area contributed by atoms with Crippen LogP contribution in [-0.4, -0.2) is 33.3 Å². The number of carbonyl (C=O) groups excluding carboxylic acids is 2. The summed E-state index contributed by atoms with van der Waals surface area (Å²) in [5, 5.41) is 12.3. The Labute approximate surface area is 222 Å². The molecule has 1 amide bonds. The van der Waals surface area contributed by atoms with E-state index in [0.717, 1.165) is 27.6 Å². The summed E-state index contributed by atoms with van der Waals surface area (Å²) < 4.78 is 5.64. The fourth-order valence-corrected chi connectivity index (χ4v) is 5.06. The van der Waals surface area contributed by atoms with Gasteiger partial charge in [-0.1, -0.05) is 75.4 Å². The highest BCUT2D eigenvalue weighted by atomic mass is 16.5. The highest BCUT2D eigenvalue weighted by molar-refractivity contribution is 6.46. The summed E-state index contributed by atoms with van der Waals surface area (Å²) in [6, 6.07) is 22.3. The van der Waals surface area contributed by atoms with Gasteiger partial charge in [0.15, 0.2) is 0 Å². The van der Waals surface area contributed by atoms with Crippen molar-refractivity contribution in [3.8, 4) is 5.75 Å². The highest BCUT2D eigenvalue weighted by Crippen LogP contribution is 2.42. The summed E-state index contributed by atoms with van der Waals surface area (Å²) in [4.78, 5) is 31.7. The number of aromatic nitrogens is 1. The van der Waals surface area contributed by atoms with Crippen molar-refractivity contribution in [1.29, 1.82) is 0 Å². The van der Waals surface area contributed by atoms with Crippen LogP contribution in [-0.2, 0) is 21.5 Å². The average Bonchev–Trinajstić information content (AvgIpc) is 3.43. The molecule has 6 heteroatoms. The van der Waals surface area contributed by atoms with Gasteiger partial charge in [-0.05, 0) is 47.2 Å². The molecule has 1 aliphatic heterocycles. The topological polar surface area (TPSA) is 82.6 Å². The van der Waals surface area contributed by atoms with Crippen LogP contribution in [0.4, 0.5) is 0 Å². The molecule has 0 spiro atoms. The fourth-order valence-electron chi connectivity index (χ4n) is 5.06. The first-order valence-corrected chi connectivity index (χ1v) is 12.9. The molecule has 2 N–H and O–H groups in total. The van der Waals surface area contributed by atoms with Crippen molar-refractivity contribution in [3.63, 3.8) is 0 Å². The Morgan fingerprint density at radius 1 is 1.00 bits per heavy atom. The van der Waals surface area contributed by atoms with Gasteiger partial charge < -0.3 is 19.7 Å². The van der Waals surface area contributed by atoms with Crippen molar-refractivity contribution in [3.05, 3.63) is 107 Å². The van der Waals surface area contributed by atoms with Gasteiger partial charge in [0.05, 0.1) is 18.2 Å². The number of ether oxygens (including phenoxy) is 1. The van der Waals surface area contributed by atoms with Crippen molar-refractivity contribution in [1.82, 2.24) is 9.88 Å². The predicted octanol–water partition coefficient (Wildman–Crippen LogP) is 6.49. The maximum absolute atomic E-state index is 13.5. The van der Waals surface area contributed by atoms with Crippen LogP contribution in [0.2, 0.25) is 0 Å². The molecule has 0 bridgehead atoms. The molecule has 1 fully saturated rings. The first-order chi connectivity index (χ1) is 18.2. The number of ketones is 1. The van der Waals surface area contributed by atoms with E-state index in [0.29, 0.717) is 17.9 Å². The Morgan fingerprint density at radius 3 is 2.45 bits per heavy atom. The number of likely N-dealkylation sites (tertiary alicyclic amines) is 1. The second-order valence-electron chi connectivity index (χ2n) is 10.6. The van der Waals surface area contributed by atoms with E-state index in [1.807, 2.05) is 79.7 Å². The number of aliphatic hydroxyl groups is 1. The van der Waals surface area contributed by atoms with Gasteiger partial charge in [0.1, 0.15) is 11.5 Å². The molecule has 0 aliphatic carbocycles. The van der Waals surface area contributed by atoms with E-state index in [1.54, 1.807) is 11.1 Å². The molecule has 0 saturated carbocycles. The van der Waals surface area contributed by atoms with E-state index in [2.05, 4.69) is 25.8 Å². The molecule has 2 heterocycles. The summed E-state index contributed by atoms with van der Waals surface area (Å²) in [5.41, 5.74) is 4.10. The number of fused-ring (bicyclic) bond motifs is 1. The van der Waals surface area contributed by atoms with Gasteiger partial charge in [-0.3, -0.25) is 9.59 Å². The zero-order valence-electron chi connectivity index (χ0n) is 22.1. The minimum absolute atomic E-state index is 0.0515. The van der Waals surface area contributed by atoms with Crippen LogP contribution in [0.15, 0.2) is 84.6 Å². The molecule has 194 valence electrons. The number of aromatic amines is 1. The number of rotatable bonds is 6. The molecule has 1 aliphatic rings. The second kappa shape index (κ2) is 9.86. The standard InChI is InChI=1S/C32H32N2O4/c1-5-38-23-10-8-9-20(17-23)19-34-28(21-13-15-22(16-14-21)32(2,3)4)27(30(36)31(34)37)29(35)25-18-33-26-12-7-6-11-24(25)26/h6-18,28,33,35H,5,19H2,1-4H3/b29-27-. The Balaban J connectivity index is 1.65. The lowest BCUT2D eigenvalue weighted by Crippen LogP contribution is -2.29. The normalized spacial score (nSPS) is 17.4. The smallest absolute Gasteiger partial charge is 0.295 e. The van der Waals surface area contributed by atoms with E-state index in [1.165, 1.54) is 0 Å². The molecule has 4 aromatic rings. The molecular weight excluding hydrogens is 476 g/mol. The van der Waals surface area contributed by atoms with E-state index >= 15 is 0 Å². The molecular formula is C32H32N2O4. The van der Waals surface area contributed by atoms with Crippen molar-refractivity contribution >= 4 is 28.4 Å². The number of hydrogen-bond donors (Lipinski definition) is 2. The van der Waals surface area contributed by atoms with Gasteiger partial charge in [-0.2, -0.15) is 0 Å². The maximum atomic E-state index is 13.5. The Morgan fingerprint density at radius 2 is 1.74 bits per heavy atom. The fraction of sp³-hybridized carbons (Fsp3) is 0.250. The number of carbonyl (C=O) groups is 2. The van der Waals surface area contributed by atoms with Gasteiger partial charge in [0.2, 0.25) is 0 Å². The number of aliphatic hydroxyl groups excluding tert-OH is 1. The maximum Gasteiger partial charge on any atom is 0.295 e. The van der Waals surface area contributed by atoms with E-state index in [-0.39, 0.29) is 23.3 Å². The number of hydrogen-bond acceptors (Lipinski definition) is 4. The third-order valence-corrected chi connectivity index (χ3v) is 7.04. The minimum Gasteiger partial charge on any atom is -0.507 e. The number of benzene rings is 3. The third-order valence-electron chi connectivity index (χ3n) is 7.04. The molecule has 1 unspecified atom stereocenters. The van der Waals surface area contributed by atoms with Gasteiger partial charge in [0.25, 0.3) is 11.7 Å². The number of H-pyrrole nitrogens is 1. The molecule has 1 saturated heterocycles. The zero-order chi connectivity index (χ0) is 27.0. The summed E-state index contributed by atoms with van der Waals surface area (Å²) >= 11 is 0. The number of para-hydroxylation sites is 1. The van der Waals surface area contributed by atoms with Crippen LogP contribution >= 0.6 is 0 Å².